The van der Waals surface area contributed by atoms with Crippen molar-refractivity contribution in [2.75, 3.05) is 11.5 Å². The molecule has 0 aromatic carbocycles. The summed E-state index contributed by atoms with van der Waals surface area (Å²) < 4.78 is 11.1. The van der Waals surface area contributed by atoms with E-state index < -0.39 is 10.8 Å². The Hall–Kier alpha value is -0.680. The average molecular weight is 213 g/mol. The predicted octanol–water partition coefficient (Wildman–Crippen LogP) is 0.410. The Kier molecular flexibility index (Phi) is 3.31. The van der Waals surface area contributed by atoms with Crippen molar-refractivity contribution >= 4 is 10.8 Å². The molecule has 1 aliphatic heterocycles. The summed E-state index contributed by atoms with van der Waals surface area (Å²) >= 11 is 0. The third kappa shape index (κ3) is 2.65. The summed E-state index contributed by atoms with van der Waals surface area (Å²) in [6.45, 7) is 0.831. The first-order chi connectivity index (χ1) is 6.84. The van der Waals surface area contributed by atoms with Gasteiger partial charge in [-0.05, 0) is 12.8 Å². The number of H-pyrrole nitrogens is 1. The van der Waals surface area contributed by atoms with Gasteiger partial charge in [0.25, 0.3) is 0 Å². The van der Waals surface area contributed by atoms with E-state index in [-0.39, 0.29) is 0 Å². The molecule has 0 atom stereocenters. The molecule has 0 amide bonds. The molecule has 0 unspecified atom stereocenters. The van der Waals surface area contributed by atoms with Gasteiger partial charge in [-0.25, -0.2) is 4.98 Å². The highest BCUT2D eigenvalue weighted by molar-refractivity contribution is 7.85. The van der Waals surface area contributed by atoms with Crippen LogP contribution in [0.5, 0.6) is 0 Å². The third-order valence-electron chi connectivity index (χ3n) is 2.52. The van der Waals surface area contributed by atoms with E-state index in [1.165, 1.54) is 0 Å². The largest absolute Gasteiger partial charge is 0.347 e. The molecule has 2 rings (SSSR count). The fourth-order valence-electron chi connectivity index (χ4n) is 1.63. The Labute approximate surface area is 86.0 Å². The van der Waals surface area contributed by atoms with Crippen molar-refractivity contribution in [2.45, 2.75) is 25.4 Å². The highest BCUT2D eigenvalue weighted by Gasteiger charge is 2.16. The fraction of sp³-hybridized carbons (Fsp3) is 0.667. The smallest absolute Gasteiger partial charge is 0.0922 e. The molecular formula is C9H15N3OS. The van der Waals surface area contributed by atoms with E-state index in [1.54, 1.807) is 6.33 Å². The Morgan fingerprint density at radius 1 is 1.57 bits per heavy atom. The van der Waals surface area contributed by atoms with Crippen molar-refractivity contribution in [2.24, 2.45) is 0 Å². The summed E-state index contributed by atoms with van der Waals surface area (Å²) in [4.78, 5) is 7.01. The van der Waals surface area contributed by atoms with E-state index in [2.05, 4.69) is 15.3 Å². The fourth-order valence-corrected chi connectivity index (χ4v) is 2.93. The summed E-state index contributed by atoms with van der Waals surface area (Å²) in [5.74, 6) is 1.70. The van der Waals surface area contributed by atoms with Crippen LogP contribution in [0.3, 0.4) is 0 Å². The molecule has 4 nitrogen and oxygen atoms in total. The lowest BCUT2D eigenvalue weighted by Crippen LogP contribution is -2.35. The van der Waals surface area contributed by atoms with Gasteiger partial charge in [-0.15, -0.1) is 0 Å². The second kappa shape index (κ2) is 4.70. The first-order valence-electron chi connectivity index (χ1n) is 4.90. The van der Waals surface area contributed by atoms with Crippen LogP contribution >= 0.6 is 0 Å². The van der Waals surface area contributed by atoms with Crippen molar-refractivity contribution in [3.63, 3.8) is 0 Å². The number of nitrogens with zero attached hydrogens (tertiary/aromatic N) is 1. The van der Waals surface area contributed by atoms with Crippen LogP contribution in [0.15, 0.2) is 12.5 Å². The van der Waals surface area contributed by atoms with Crippen LogP contribution in [0.2, 0.25) is 0 Å². The van der Waals surface area contributed by atoms with Crippen LogP contribution < -0.4 is 5.32 Å². The van der Waals surface area contributed by atoms with E-state index >= 15 is 0 Å². The molecule has 0 saturated carbocycles. The maximum Gasteiger partial charge on any atom is 0.0922 e. The van der Waals surface area contributed by atoms with E-state index in [4.69, 9.17) is 0 Å². The van der Waals surface area contributed by atoms with Gasteiger partial charge in [0, 0.05) is 46.8 Å². The number of imidazole rings is 1. The lowest BCUT2D eigenvalue weighted by Gasteiger charge is -2.22. The maximum absolute atomic E-state index is 11.1. The molecule has 0 bridgehead atoms. The summed E-state index contributed by atoms with van der Waals surface area (Å²) in [7, 11) is -0.561. The van der Waals surface area contributed by atoms with Gasteiger partial charge in [0.2, 0.25) is 0 Å². The molecule has 78 valence electrons. The standard InChI is InChI=1S/C9H15N3OS/c13-14-3-1-8(2-4-14)11-6-9-5-10-7-12-9/h5,7-8,11H,1-4,6H2,(H,10,12). The van der Waals surface area contributed by atoms with Crippen molar-refractivity contribution in [3.05, 3.63) is 18.2 Å². The molecule has 0 aliphatic carbocycles. The van der Waals surface area contributed by atoms with Crippen molar-refractivity contribution in [3.8, 4) is 0 Å². The summed E-state index contributed by atoms with van der Waals surface area (Å²) in [6.07, 6.45) is 5.57. The highest BCUT2D eigenvalue weighted by atomic mass is 32.2. The number of aromatic amines is 1. The Morgan fingerprint density at radius 3 is 3.00 bits per heavy atom. The SMILES string of the molecule is O=S1CCC(NCc2cnc[nH]2)CC1. The third-order valence-corrected chi connectivity index (χ3v) is 3.91. The van der Waals surface area contributed by atoms with Crippen molar-refractivity contribution < 1.29 is 4.21 Å². The Balaban J connectivity index is 1.73. The quantitative estimate of drug-likeness (QED) is 0.764. The minimum Gasteiger partial charge on any atom is -0.347 e. The lowest BCUT2D eigenvalue weighted by atomic mass is 10.1. The average Bonchev–Trinajstić information content (AvgIpc) is 2.70. The normalized spacial score (nSPS) is 27.7. The number of hydrogen-bond donors (Lipinski definition) is 2. The van der Waals surface area contributed by atoms with Gasteiger partial charge in [0.1, 0.15) is 0 Å². The van der Waals surface area contributed by atoms with Crippen LogP contribution in [0.1, 0.15) is 18.5 Å². The van der Waals surface area contributed by atoms with Crippen LogP contribution in [0, 0.1) is 0 Å². The highest BCUT2D eigenvalue weighted by Crippen LogP contribution is 2.09. The molecule has 14 heavy (non-hydrogen) atoms. The van der Waals surface area contributed by atoms with Crippen molar-refractivity contribution in [1.29, 1.82) is 0 Å². The predicted molar refractivity (Wildman–Crippen MR) is 56.3 cm³/mol. The summed E-state index contributed by atoms with van der Waals surface area (Å²) in [6, 6.07) is 0.524. The van der Waals surface area contributed by atoms with Crippen LogP contribution in [0.4, 0.5) is 0 Å². The van der Waals surface area contributed by atoms with Crippen LogP contribution in [-0.2, 0) is 17.3 Å². The summed E-state index contributed by atoms with van der Waals surface area (Å²) in [5, 5.41) is 3.44. The van der Waals surface area contributed by atoms with Gasteiger partial charge >= 0.3 is 0 Å². The molecular weight excluding hydrogens is 198 g/mol. The maximum atomic E-state index is 11.1. The number of rotatable bonds is 3. The van der Waals surface area contributed by atoms with Crippen molar-refractivity contribution in [1.82, 2.24) is 15.3 Å². The Morgan fingerprint density at radius 2 is 2.36 bits per heavy atom. The topological polar surface area (TPSA) is 57.8 Å². The molecule has 2 heterocycles. The molecule has 1 aromatic heterocycles. The molecule has 1 aliphatic rings. The van der Waals surface area contributed by atoms with Gasteiger partial charge in [-0.3, -0.25) is 4.21 Å². The zero-order chi connectivity index (χ0) is 9.80. The minimum atomic E-state index is -0.561. The molecule has 1 aromatic rings. The van der Waals surface area contributed by atoms with E-state index in [0.29, 0.717) is 6.04 Å². The molecule has 2 N–H and O–H groups in total. The number of hydrogen-bond acceptors (Lipinski definition) is 3. The molecule has 1 saturated heterocycles. The number of nitrogens with one attached hydrogen (secondary N) is 2. The molecule has 0 radical (unpaired) electrons. The second-order valence-electron chi connectivity index (χ2n) is 3.58. The van der Waals surface area contributed by atoms with Crippen LogP contribution in [-0.4, -0.2) is 31.7 Å². The first kappa shape index (κ1) is 9.86. The molecule has 5 heteroatoms. The molecule has 0 spiro atoms. The van der Waals surface area contributed by atoms with E-state index in [1.807, 2.05) is 6.20 Å². The zero-order valence-electron chi connectivity index (χ0n) is 8.03. The number of aromatic nitrogens is 2. The summed E-state index contributed by atoms with van der Waals surface area (Å²) in [5.41, 5.74) is 1.11. The van der Waals surface area contributed by atoms with Gasteiger partial charge in [-0.2, -0.15) is 0 Å². The Bertz CT molecular complexity index is 289. The van der Waals surface area contributed by atoms with Gasteiger partial charge in [0.15, 0.2) is 0 Å². The van der Waals surface area contributed by atoms with Crippen LogP contribution in [0.25, 0.3) is 0 Å². The first-order valence-corrected chi connectivity index (χ1v) is 6.39. The second-order valence-corrected chi connectivity index (χ2v) is 5.28. The minimum absolute atomic E-state index is 0.524. The van der Waals surface area contributed by atoms with Gasteiger partial charge < -0.3 is 10.3 Å². The van der Waals surface area contributed by atoms with E-state index in [9.17, 15) is 4.21 Å². The van der Waals surface area contributed by atoms with Gasteiger partial charge in [0.05, 0.1) is 6.33 Å². The monoisotopic (exact) mass is 213 g/mol. The zero-order valence-corrected chi connectivity index (χ0v) is 8.85. The van der Waals surface area contributed by atoms with E-state index in [0.717, 1.165) is 36.6 Å². The van der Waals surface area contributed by atoms with Gasteiger partial charge in [-0.1, -0.05) is 0 Å². The lowest BCUT2D eigenvalue weighted by molar-refractivity contribution is 0.472. The molecule has 1 fully saturated rings.